The molecule has 1 aliphatic rings. The molecule has 0 amide bonds. The lowest BCUT2D eigenvalue weighted by atomic mass is 9.90. The van der Waals surface area contributed by atoms with E-state index in [9.17, 15) is 9.90 Å². The highest BCUT2D eigenvalue weighted by Gasteiger charge is 2.26. The molecule has 3 aromatic rings. The van der Waals surface area contributed by atoms with E-state index in [4.69, 9.17) is 11.6 Å². The Morgan fingerprint density at radius 2 is 1.96 bits per heavy atom. The van der Waals surface area contributed by atoms with Crippen LogP contribution in [0.25, 0.3) is 21.9 Å². The smallest absolute Gasteiger partial charge is 0.338 e. The maximum atomic E-state index is 15.2. The van der Waals surface area contributed by atoms with Gasteiger partial charge in [0.05, 0.1) is 10.6 Å². The fourth-order valence-electron chi connectivity index (χ4n) is 3.70. The van der Waals surface area contributed by atoms with Crippen LogP contribution in [0, 0.1) is 5.82 Å². The van der Waals surface area contributed by atoms with Crippen LogP contribution in [0.4, 0.5) is 4.39 Å². The monoisotopic (exact) mass is 369 g/mol. The molecule has 1 saturated heterocycles. The lowest BCUT2D eigenvalue weighted by molar-refractivity contribution is 0.0692. The summed E-state index contributed by atoms with van der Waals surface area (Å²) in [5.41, 5.74) is 1.21. The second-order valence-corrected chi connectivity index (χ2v) is 6.87. The van der Waals surface area contributed by atoms with E-state index in [0.717, 1.165) is 35.7 Å². The predicted octanol–water partition coefficient (Wildman–Crippen LogP) is 5.42. The maximum Gasteiger partial charge on any atom is 0.338 e. The molecule has 0 aliphatic carbocycles. The van der Waals surface area contributed by atoms with E-state index < -0.39 is 11.8 Å². The first kappa shape index (κ1) is 17.0. The molecule has 3 nitrogen and oxygen atoms in total. The van der Waals surface area contributed by atoms with Crippen molar-refractivity contribution in [2.24, 2.45) is 0 Å². The van der Waals surface area contributed by atoms with Crippen molar-refractivity contribution in [2.45, 2.75) is 18.9 Å². The number of hydrogen-bond donors (Lipinski definition) is 2. The zero-order valence-corrected chi connectivity index (χ0v) is 14.7. The standard InChI is InChI=1S/C21H17ClFNO2/c22-19-13-5-2-1-4-12(13)7-8-15(19)18-14(17-6-3-11-24-17)9-10-16(20(18)23)21(25)26/h1-2,4-5,7-10,17,24H,3,6,11H2,(H,25,26). The number of benzene rings is 3. The number of nitrogens with one attached hydrogen (secondary N) is 1. The zero-order chi connectivity index (χ0) is 18.3. The molecule has 2 N–H and O–H groups in total. The third-order valence-electron chi connectivity index (χ3n) is 4.97. The molecule has 4 rings (SSSR count). The van der Waals surface area contributed by atoms with Crippen LogP contribution in [0.1, 0.15) is 34.8 Å². The number of carbonyl (C=O) groups is 1. The first-order chi connectivity index (χ1) is 12.6. The van der Waals surface area contributed by atoms with Crippen molar-refractivity contribution in [3.05, 3.63) is 70.5 Å². The van der Waals surface area contributed by atoms with Crippen LogP contribution in [-0.4, -0.2) is 17.6 Å². The Bertz CT molecular complexity index is 1010. The Kier molecular flexibility index (Phi) is 4.39. The van der Waals surface area contributed by atoms with Crippen molar-refractivity contribution in [3.63, 3.8) is 0 Å². The van der Waals surface area contributed by atoms with E-state index in [-0.39, 0.29) is 17.2 Å². The Labute approximate surface area is 155 Å². The van der Waals surface area contributed by atoms with E-state index in [1.54, 1.807) is 12.1 Å². The summed E-state index contributed by atoms with van der Waals surface area (Å²) >= 11 is 6.62. The third kappa shape index (κ3) is 2.75. The van der Waals surface area contributed by atoms with Gasteiger partial charge in [0.1, 0.15) is 5.82 Å². The van der Waals surface area contributed by atoms with Gasteiger partial charge in [0.25, 0.3) is 0 Å². The molecule has 1 aliphatic heterocycles. The Morgan fingerprint density at radius 3 is 2.69 bits per heavy atom. The van der Waals surface area contributed by atoms with Gasteiger partial charge in [0, 0.05) is 22.6 Å². The molecule has 0 spiro atoms. The van der Waals surface area contributed by atoms with Gasteiger partial charge in [-0.05, 0) is 36.4 Å². The first-order valence-electron chi connectivity index (χ1n) is 8.54. The summed E-state index contributed by atoms with van der Waals surface area (Å²) < 4.78 is 15.2. The van der Waals surface area contributed by atoms with E-state index in [2.05, 4.69) is 5.32 Å². The number of carboxylic acids is 1. The van der Waals surface area contributed by atoms with Crippen molar-refractivity contribution in [2.75, 3.05) is 6.54 Å². The van der Waals surface area contributed by atoms with Crippen LogP contribution in [0.15, 0.2) is 48.5 Å². The van der Waals surface area contributed by atoms with Crippen molar-refractivity contribution in [1.82, 2.24) is 5.32 Å². The van der Waals surface area contributed by atoms with Gasteiger partial charge >= 0.3 is 5.97 Å². The number of hydrogen-bond acceptors (Lipinski definition) is 2. The summed E-state index contributed by atoms with van der Waals surface area (Å²) in [7, 11) is 0. The predicted molar refractivity (Wildman–Crippen MR) is 101 cm³/mol. The molecule has 1 heterocycles. The minimum Gasteiger partial charge on any atom is -0.478 e. The van der Waals surface area contributed by atoms with Gasteiger partial charge < -0.3 is 10.4 Å². The van der Waals surface area contributed by atoms with Gasteiger partial charge in [-0.15, -0.1) is 0 Å². The van der Waals surface area contributed by atoms with Crippen LogP contribution in [0.5, 0.6) is 0 Å². The van der Waals surface area contributed by atoms with Crippen LogP contribution in [0.3, 0.4) is 0 Å². The number of aromatic carboxylic acids is 1. The van der Waals surface area contributed by atoms with Crippen molar-refractivity contribution < 1.29 is 14.3 Å². The summed E-state index contributed by atoms with van der Waals surface area (Å²) in [5, 5.41) is 14.9. The second kappa shape index (κ2) is 6.71. The number of fused-ring (bicyclic) bond motifs is 1. The highest BCUT2D eigenvalue weighted by Crippen LogP contribution is 2.41. The molecule has 0 bridgehead atoms. The molecule has 5 heteroatoms. The molecule has 26 heavy (non-hydrogen) atoms. The van der Waals surface area contributed by atoms with Crippen molar-refractivity contribution in [3.8, 4) is 11.1 Å². The summed E-state index contributed by atoms with van der Waals surface area (Å²) in [6, 6.07) is 14.3. The molecule has 0 saturated carbocycles. The molecule has 1 atom stereocenters. The fraction of sp³-hybridized carbons (Fsp3) is 0.190. The molecule has 1 fully saturated rings. The highest BCUT2D eigenvalue weighted by molar-refractivity contribution is 6.38. The van der Waals surface area contributed by atoms with Gasteiger partial charge in [0.15, 0.2) is 0 Å². The largest absolute Gasteiger partial charge is 0.478 e. The molecular formula is C21H17ClFNO2. The van der Waals surface area contributed by atoms with Crippen LogP contribution in [-0.2, 0) is 0 Å². The van der Waals surface area contributed by atoms with Crippen LogP contribution >= 0.6 is 11.6 Å². The summed E-state index contributed by atoms with van der Waals surface area (Å²) in [4.78, 5) is 11.4. The van der Waals surface area contributed by atoms with Crippen LogP contribution < -0.4 is 5.32 Å². The van der Waals surface area contributed by atoms with Crippen molar-refractivity contribution >= 4 is 28.3 Å². The number of halogens is 2. The lowest BCUT2D eigenvalue weighted by Crippen LogP contribution is -2.15. The number of carboxylic acid groups (broad SMARTS) is 1. The quantitative estimate of drug-likeness (QED) is 0.647. The van der Waals surface area contributed by atoms with E-state index >= 15 is 4.39 Å². The zero-order valence-electron chi connectivity index (χ0n) is 13.9. The van der Waals surface area contributed by atoms with Gasteiger partial charge in [-0.25, -0.2) is 9.18 Å². The van der Waals surface area contributed by atoms with Crippen LogP contribution in [0.2, 0.25) is 5.02 Å². The molecule has 132 valence electrons. The summed E-state index contributed by atoms with van der Waals surface area (Å²) in [6.45, 7) is 0.859. The SMILES string of the molecule is O=C(O)c1ccc(C2CCCN2)c(-c2ccc3ccccc3c2Cl)c1F. The minimum atomic E-state index is -1.29. The average molecular weight is 370 g/mol. The molecule has 3 aromatic carbocycles. The Hall–Kier alpha value is -2.43. The normalized spacial score (nSPS) is 16.9. The molecule has 0 radical (unpaired) electrons. The second-order valence-electron chi connectivity index (χ2n) is 6.49. The Balaban J connectivity index is 2.01. The van der Waals surface area contributed by atoms with Gasteiger partial charge in [-0.3, -0.25) is 0 Å². The molecular weight excluding hydrogens is 353 g/mol. The number of rotatable bonds is 3. The van der Waals surface area contributed by atoms with E-state index in [0.29, 0.717) is 10.6 Å². The van der Waals surface area contributed by atoms with Gasteiger partial charge in [-0.2, -0.15) is 0 Å². The Morgan fingerprint density at radius 1 is 1.15 bits per heavy atom. The first-order valence-corrected chi connectivity index (χ1v) is 8.92. The topological polar surface area (TPSA) is 49.3 Å². The summed E-state index contributed by atoms with van der Waals surface area (Å²) in [6.07, 6.45) is 1.88. The molecule has 1 unspecified atom stereocenters. The van der Waals surface area contributed by atoms with Crippen molar-refractivity contribution in [1.29, 1.82) is 0 Å². The lowest BCUT2D eigenvalue weighted by Gasteiger charge is -2.19. The minimum absolute atomic E-state index is 0.00937. The average Bonchev–Trinajstić information content (AvgIpc) is 3.17. The fourth-order valence-corrected chi connectivity index (χ4v) is 4.03. The van der Waals surface area contributed by atoms with E-state index in [1.807, 2.05) is 30.3 Å². The third-order valence-corrected chi connectivity index (χ3v) is 5.38. The van der Waals surface area contributed by atoms with E-state index in [1.165, 1.54) is 6.07 Å². The highest BCUT2D eigenvalue weighted by atomic mass is 35.5. The maximum absolute atomic E-state index is 15.2. The summed E-state index contributed by atoms with van der Waals surface area (Å²) in [5.74, 6) is -2.02. The van der Waals surface area contributed by atoms with Gasteiger partial charge in [-0.1, -0.05) is 54.1 Å². The molecule has 0 aromatic heterocycles. The van der Waals surface area contributed by atoms with Gasteiger partial charge in [0.2, 0.25) is 0 Å².